The van der Waals surface area contributed by atoms with Crippen LogP contribution < -0.4 is 5.32 Å². The molecule has 8 nitrogen and oxygen atoms in total. The average Bonchev–Trinajstić information content (AvgIpc) is 3.47. The zero-order chi connectivity index (χ0) is 28.4. The molecule has 6 rings (SSSR count). The number of piperidine rings is 4. The summed E-state index contributed by atoms with van der Waals surface area (Å²) in [6.07, 6.45) is 8.58. The van der Waals surface area contributed by atoms with Crippen molar-refractivity contribution >= 4 is 99.6 Å². The van der Waals surface area contributed by atoms with Crippen LogP contribution in [0.2, 0.25) is 8.67 Å². The van der Waals surface area contributed by atoms with Gasteiger partial charge in [-0.3, -0.25) is 9.59 Å². The van der Waals surface area contributed by atoms with E-state index >= 15 is 0 Å². The Labute approximate surface area is 263 Å². The fourth-order valence-electron chi connectivity index (χ4n) is 5.56. The van der Waals surface area contributed by atoms with Gasteiger partial charge in [0.25, 0.3) is 19.1 Å². The lowest BCUT2D eigenvalue weighted by Crippen LogP contribution is -2.54. The molecular weight excluding hydrogens is 682 g/mol. The number of Topliss-reactive ketones (excluding diaryl/α,β-unsaturated/α-hetero) is 2. The van der Waals surface area contributed by atoms with E-state index in [1.807, 2.05) is 0 Å². The highest BCUT2D eigenvalue weighted by molar-refractivity contribution is 8.15. The topological polar surface area (TPSA) is 118 Å². The number of nitrogens with zero attached hydrogens (tertiary/aromatic N) is 1. The van der Waals surface area contributed by atoms with Gasteiger partial charge in [-0.2, -0.15) is 4.31 Å². The summed E-state index contributed by atoms with van der Waals surface area (Å²) in [5.41, 5.74) is 0. The zero-order valence-electron chi connectivity index (χ0n) is 21.3. The first kappa shape index (κ1) is 34.2. The summed E-state index contributed by atoms with van der Waals surface area (Å²) < 4.78 is 49.3. The lowest BCUT2D eigenvalue weighted by atomic mass is 9.86. The summed E-state index contributed by atoms with van der Waals surface area (Å²) >= 11 is 13.3. The predicted octanol–water partition coefficient (Wildman–Crippen LogP) is 6.29. The van der Waals surface area contributed by atoms with Crippen LogP contribution in [0.1, 0.15) is 64.2 Å². The maximum absolute atomic E-state index is 12.7. The number of hydrogen-bond donors (Lipinski definition) is 1. The van der Waals surface area contributed by atoms with Crippen LogP contribution >= 0.6 is 69.0 Å². The maximum atomic E-state index is 12.7. The molecule has 16 heteroatoms. The van der Waals surface area contributed by atoms with Crippen LogP contribution in [0.15, 0.2) is 32.7 Å². The molecule has 1 N–H and O–H groups in total. The maximum Gasteiger partial charge on any atom is 0.270 e. The standard InChI is InChI=1S/C12H14ClNO3S2.C8H13NO.C4H2Cl2O2S2.ClH/c13-11-4-5-12(18-11)19(16,17)14-8-2-1-3-9(14)7-10(15)6-8;10-8-4-6-2-1-3-7(5-8)9-6;5-3-1-2-4(9-3)10(6,7)8;/h4-5,8-9H,1-3,6-7H2;6-7,9H,1-5H2;1-2H;1H. The molecule has 0 saturated carbocycles. The Bertz CT molecular complexity index is 1380. The molecule has 0 amide bonds. The highest BCUT2D eigenvalue weighted by Gasteiger charge is 2.45. The third-order valence-electron chi connectivity index (χ3n) is 7.11. The molecule has 0 aliphatic carbocycles. The van der Waals surface area contributed by atoms with Crippen molar-refractivity contribution < 1.29 is 26.4 Å². The first-order chi connectivity index (χ1) is 18.3. The van der Waals surface area contributed by atoms with E-state index in [9.17, 15) is 26.4 Å². The third-order valence-corrected chi connectivity index (χ3v) is 14.1. The highest BCUT2D eigenvalue weighted by Crippen LogP contribution is 2.39. The van der Waals surface area contributed by atoms with Crippen molar-refractivity contribution in [2.24, 2.45) is 0 Å². The highest BCUT2D eigenvalue weighted by atomic mass is 35.7. The van der Waals surface area contributed by atoms with Gasteiger partial charge in [-0.05, 0) is 49.9 Å². The summed E-state index contributed by atoms with van der Waals surface area (Å²) in [6, 6.07) is 6.74. The second-order valence-electron chi connectivity index (χ2n) is 10.0. The lowest BCUT2D eigenvalue weighted by Gasteiger charge is -2.43. The lowest BCUT2D eigenvalue weighted by molar-refractivity contribution is -0.124. The largest absolute Gasteiger partial charge is 0.310 e. The van der Waals surface area contributed by atoms with Gasteiger partial charge in [0.1, 0.15) is 20.0 Å². The first-order valence-electron chi connectivity index (χ1n) is 12.6. The fraction of sp³-hybridized carbons (Fsp3) is 0.583. The van der Waals surface area contributed by atoms with Crippen LogP contribution in [0.3, 0.4) is 0 Å². The van der Waals surface area contributed by atoms with Gasteiger partial charge >= 0.3 is 0 Å². The van der Waals surface area contributed by atoms with E-state index in [4.69, 9.17) is 33.9 Å². The number of carbonyl (C=O) groups is 2. The normalized spacial score (nSPS) is 26.5. The molecule has 4 aliphatic rings. The van der Waals surface area contributed by atoms with Crippen molar-refractivity contribution in [3.05, 3.63) is 32.9 Å². The van der Waals surface area contributed by atoms with Gasteiger partial charge in [0, 0.05) is 60.5 Å². The number of sulfonamides is 1. The average molecular weight is 713 g/mol. The molecule has 0 radical (unpaired) electrons. The van der Waals surface area contributed by atoms with Crippen molar-refractivity contribution in [1.29, 1.82) is 0 Å². The number of fused-ring (bicyclic) bond motifs is 4. The minimum Gasteiger partial charge on any atom is -0.310 e. The minimum absolute atomic E-state index is 0. The number of thiophene rings is 2. The molecule has 0 spiro atoms. The Morgan fingerprint density at radius 2 is 1.18 bits per heavy atom. The van der Waals surface area contributed by atoms with E-state index in [1.54, 1.807) is 16.4 Å². The van der Waals surface area contributed by atoms with Gasteiger partial charge in [-0.25, -0.2) is 16.8 Å². The van der Waals surface area contributed by atoms with Gasteiger partial charge in [0.05, 0.1) is 8.67 Å². The van der Waals surface area contributed by atoms with Gasteiger partial charge in [-0.15, -0.1) is 35.1 Å². The SMILES string of the molecule is Cl.O=C1CC2CCCC(C1)N2.O=C1CC2CCCC(C1)N2S(=O)(=O)c1ccc(Cl)s1.O=S(=O)(Cl)c1ccc(Cl)s1. The fourth-order valence-corrected chi connectivity index (χ4v) is 11.3. The molecule has 4 saturated heterocycles. The number of ketones is 2. The molecule has 40 heavy (non-hydrogen) atoms. The van der Waals surface area contributed by atoms with E-state index < -0.39 is 19.1 Å². The zero-order valence-corrected chi connectivity index (χ0v) is 27.6. The summed E-state index contributed by atoms with van der Waals surface area (Å²) in [5, 5.41) is 3.46. The molecular formula is C24H30Cl4N2O6S4. The number of hydrogen-bond acceptors (Lipinski definition) is 9. The quantitative estimate of drug-likeness (QED) is 0.372. The van der Waals surface area contributed by atoms with E-state index in [-0.39, 0.29) is 38.7 Å². The molecule has 4 bridgehead atoms. The molecule has 6 heterocycles. The van der Waals surface area contributed by atoms with Crippen molar-refractivity contribution in [1.82, 2.24) is 9.62 Å². The Morgan fingerprint density at radius 1 is 0.725 bits per heavy atom. The molecule has 4 unspecified atom stereocenters. The summed E-state index contributed by atoms with van der Waals surface area (Å²) in [7, 11) is -2.09. The Morgan fingerprint density at radius 3 is 1.60 bits per heavy atom. The van der Waals surface area contributed by atoms with Crippen LogP contribution in [-0.2, 0) is 28.7 Å². The Kier molecular flexibility index (Phi) is 12.4. The van der Waals surface area contributed by atoms with E-state index in [0.717, 1.165) is 54.8 Å². The summed E-state index contributed by atoms with van der Waals surface area (Å²) in [6.45, 7) is 0. The van der Waals surface area contributed by atoms with Gasteiger partial charge in [0.2, 0.25) is 0 Å². The van der Waals surface area contributed by atoms with Crippen LogP contribution in [0, 0.1) is 0 Å². The first-order valence-corrected chi connectivity index (χ1v) is 18.7. The smallest absolute Gasteiger partial charge is 0.270 e. The molecule has 224 valence electrons. The second kappa shape index (κ2) is 14.5. The van der Waals surface area contributed by atoms with Gasteiger partial charge in [0.15, 0.2) is 0 Å². The third kappa shape index (κ3) is 8.87. The molecule has 2 aromatic heterocycles. The van der Waals surface area contributed by atoms with E-state index in [1.165, 1.54) is 31.4 Å². The van der Waals surface area contributed by atoms with Crippen LogP contribution in [0.4, 0.5) is 0 Å². The van der Waals surface area contributed by atoms with Crippen LogP contribution in [0.25, 0.3) is 0 Å². The number of halogens is 4. The number of carbonyl (C=O) groups excluding carboxylic acids is 2. The van der Waals surface area contributed by atoms with Crippen molar-refractivity contribution in [3.8, 4) is 0 Å². The second-order valence-corrected chi connectivity index (χ2v) is 18.3. The molecule has 4 atom stereocenters. The predicted molar refractivity (Wildman–Crippen MR) is 162 cm³/mol. The van der Waals surface area contributed by atoms with Crippen molar-refractivity contribution in [2.75, 3.05) is 0 Å². The van der Waals surface area contributed by atoms with E-state index in [2.05, 4.69) is 5.32 Å². The van der Waals surface area contributed by atoms with E-state index in [0.29, 0.717) is 39.4 Å². The monoisotopic (exact) mass is 710 g/mol. The van der Waals surface area contributed by atoms with Crippen molar-refractivity contribution in [2.45, 2.75) is 96.8 Å². The summed E-state index contributed by atoms with van der Waals surface area (Å²) in [5.74, 6) is 0.652. The molecule has 2 aromatic rings. The molecule has 4 fully saturated rings. The molecule has 4 aliphatic heterocycles. The molecule has 0 aromatic carbocycles. The van der Waals surface area contributed by atoms with Gasteiger partial charge in [-0.1, -0.05) is 36.0 Å². The summed E-state index contributed by atoms with van der Waals surface area (Å²) in [4.78, 5) is 22.7. The minimum atomic E-state index is -3.58. The Hall–Kier alpha value is -0.280. The Balaban J connectivity index is 0.000000178. The number of nitrogens with one attached hydrogen (secondary N) is 1. The van der Waals surface area contributed by atoms with Gasteiger partial charge < -0.3 is 5.32 Å². The van der Waals surface area contributed by atoms with Crippen LogP contribution in [0.5, 0.6) is 0 Å². The number of rotatable bonds is 3. The van der Waals surface area contributed by atoms with Crippen LogP contribution in [-0.4, -0.2) is 56.9 Å². The van der Waals surface area contributed by atoms with Crippen molar-refractivity contribution in [3.63, 3.8) is 0 Å².